The number of benzene rings is 2. The molecule has 7 nitrogen and oxygen atoms in total. The number of rotatable bonds is 8. The van der Waals surface area contributed by atoms with Crippen LogP contribution in [-0.2, 0) is 27.4 Å². The molecule has 0 aliphatic heterocycles. The summed E-state index contributed by atoms with van der Waals surface area (Å²) in [7, 11) is 1.58. The maximum atomic E-state index is 13.4. The number of methoxy groups -OCH3 is 1. The average Bonchev–Trinajstić information content (AvgIpc) is 3.47. The zero-order chi connectivity index (χ0) is 24.8. The Labute approximate surface area is 209 Å². The highest BCUT2D eigenvalue weighted by Gasteiger charge is 2.13. The van der Waals surface area contributed by atoms with Gasteiger partial charge < -0.3 is 14.8 Å². The topological polar surface area (TPSA) is 86.6 Å². The summed E-state index contributed by atoms with van der Waals surface area (Å²) in [5, 5.41) is 6.68. The molecule has 1 N–H and O–H groups in total. The number of nitrogens with one attached hydrogen (secondary N) is 1. The minimum absolute atomic E-state index is 0.207. The molecule has 0 atom stereocenters. The van der Waals surface area contributed by atoms with Crippen molar-refractivity contribution >= 4 is 57.5 Å². The Kier molecular flexibility index (Phi) is 7.79. The van der Waals surface area contributed by atoms with Crippen LogP contribution in [0.15, 0.2) is 58.7 Å². The Hall–Kier alpha value is -3.69. The van der Waals surface area contributed by atoms with E-state index in [-0.39, 0.29) is 24.6 Å². The largest absolute Gasteiger partial charge is 0.496 e. The van der Waals surface area contributed by atoms with Crippen LogP contribution < -0.4 is 24.8 Å². The van der Waals surface area contributed by atoms with Gasteiger partial charge >= 0.3 is 5.97 Å². The molecule has 0 fully saturated rings. The van der Waals surface area contributed by atoms with Gasteiger partial charge in [0.05, 0.1) is 30.9 Å². The average molecular weight is 509 g/mol. The molecule has 2 heterocycles. The summed E-state index contributed by atoms with van der Waals surface area (Å²) in [6.45, 7) is 2.07. The van der Waals surface area contributed by atoms with Crippen molar-refractivity contribution in [2.45, 2.75) is 20.0 Å². The smallest absolute Gasteiger partial charge is 0.333 e. The molecular formula is C26H24N2O5S2. The quantitative estimate of drug-likeness (QED) is 0.370. The van der Waals surface area contributed by atoms with Crippen LogP contribution in [0.5, 0.6) is 5.75 Å². The molecule has 4 aromatic rings. The predicted octanol–water partition coefficient (Wildman–Crippen LogP) is 2.62. The number of amides is 1. The lowest BCUT2D eigenvalue weighted by Crippen LogP contribution is -2.38. The standard InChI is InChI=1S/C26H24N2O5S2/c1-3-33-25(30)14-24-28(16-23(29)27-15-18-8-6-12-34-18)26(31)22(35-24)13-20-19-9-5-4-7-17(19)10-11-21(20)32-2/h4-14H,3,15-16H2,1-2H3,(H,27,29). The van der Waals surface area contributed by atoms with Gasteiger partial charge in [0.25, 0.3) is 5.56 Å². The summed E-state index contributed by atoms with van der Waals surface area (Å²) in [5.74, 6) is -0.283. The fraction of sp³-hybridized carbons (Fsp3) is 0.192. The van der Waals surface area contributed by atoms with Gasteiger partial charge in [0.15, 0.2) is 0 Å². The molecule has 0 bridgehead atoms. The Morgan fingerprint density at radius 2 is 1.94 bits per heavy atom. The number of hydrogen-bond acceptors (Lipinski definition) is 7. The van der Waals surface area contributed by atoms with E-state index in [2.05, 4.69) is 5.32 Å². The van der Waals surface area contributed by atoms with Gasteiger partial charge in [-0.05, 0) is 41.3 Å². The predicted molar refractivity (Wildman–Crippen MR) is 139 cm³/mol. The summed E-state index contributed by atoms with van der Waals surface area (Å²) in [4.78, 5) is 39.2. The second-order valence-corrected chi connectivity index (χ2v) is 9.59. The van der Waals surface area contributed by atoms with E-state index in [9.17, 15) is 14.4 Å². The molecule has 4 rings (SSSR count). The molecule has 0 saturated carbocycles. The lowest BCUT2D eigenvalue weighted by molar-refractivity contribution is -0.135. The van der Waals surface area contributed by atoms with Crippen molar-refractivity contribution in [3.8, 4) is 5.75 Å². The van der Waals surface area contributed by atoms with Crippen LogP contribution in [0.2, 0.25) is 0 Å². The monoisotopic (exact) mass is 508 g/mol. The van der Waals surface area contributed by atoms with Gasteiger partial charge in [0, 0.05) is 10.4 Å². The van der Waals surface area contributed by atoms with E-state index in [0.29, 0.717) is 21.5 Å². The highest BCUT2D eigenvalue weighted by Crippen LogP contribution is 2.28. The molecule has 9 heteroatoms. The van der Waals surface area contributed by atoms with E-state index >= 15 is 0 Å². The first-order valence-corrected chi connectivity index (χ1v) is 12.6. The summed E-state index contributed by atoms with van der Waals surface area (Å²) in [6.07, 6.45) is 3.00. The highest BCUT2D eigenvalue weighted by atomic mass is 32.1. The summed E-state index contributed by atoms with van der Waals surface area (Å²) in [6, 6.07) is 15.4. The molecular weight excluding hydrogens is 484 g/mol. The van der Waals surface area contributed by atoms with Crippen molar-refractivity contribution in [1.29, 1.82) is 0 Å². The van der Waals surface area contributed by atoms with Crippen molar-refractivity contribution in [3.05, 3.63) is 83.9 Å². The number of carbonyl (C=O) groups is 2. The zero-order valence-corrected chi connectivity index (χ0v) is 20.9. The van der Waals surface area contributed by atoms with Crippen LogP contribution >= 0.6 is 22.7 Å². The Morgan fingerprint density at radius 1 is 1.11 bits per heavy atom. The molecule has 1 amide bonds. The summed E-state index contributed by atoms with van der Waals surface area (Å²) >= 11 is 2.66. The van der Waals surface area contributed by atoms with Crippen molar-refractivity contribution in [1.82, 2.24) is 9.88 Å². The van der Waals surface area contributed by atoms with Crippen LogP contribution in [-0.4, -0.2) is 30.2 Å². The van der Waals surface area contributed by atoms with Crippen LogP contribution in [0.1, 0.15) is 17.4 Å². The number of carbonyl (C=O) groups excluding carboxylic acids is 2. The number of thiophene rings is 1. The van der Waals surface area contributed by atoms with Crippen LogP contribution in [0.3, 0.4) is 0 Å². The third-order valence-corrected chi connectivity index (χ3v) is 7.17. The van der Waals surface area contributed by atoms with Gasteiger partial charge in [-0.2, -0.15) is 0 Å². The van der Waals surface area contributed by atoms with Gasteiger partial charge in [-0.25, -0.2) is 4.79 Å². The normalized spacial score (nSPS) is 12.2. The molecule has 35 heavy (non-hydrogen) atoms. The molecule has 0 aliphatic rings. The third kappa shape index (κ3) is 5.70. The van der Waals surface area contributed by atoms with Crippen LogP contribution in [0, 0.1) is 0 Å². The highest BCUT2D eigenvalue weighted by molar-refractivity contribution is 7.09. The molecule has 0 spiro atoms. The fourth-order valence-electron chi connectivity index (χ4n) is 3.61. The maximum absolute atomic E-state index is 13.4. The Bertz CT molecular complexity index is 1530. The number of aromatic nitrogens is 1. The first-order valence-electron chi connectivity index (χ1n) is 10.9. The van der Waals surface area contributed by atoms with Crippen molar-refractivity contribution < 1.29 is 19.1 Å². The van der Waals surface area contributed by atoms with Crippen molar-refractivity contribution in [3.63, 3.8) is 0 Å². The molecule has 0 unspecified atom stereocenters. The molecule has 0 radical (unpaired) electrons. The first-order chi connectivity index (χ1) is 17.0. The van der Waals surface area contributed by atoms with Crippen molar-refractivity contribution in [2.24, 2.45) is 0 Å². The minimum Gasteiger partial charge on any atom is -0.496 e. The van der Waals surface area contributed by atoms with Crippen LogP contribution in [0.4, 0.5) is 0 Å². The van der Waals surface area contributed by atoms with E-state index < -0.39 is 5.97 Å². The minimum atomic E-state index is -0.573. The van der Waals surface area contributed by atoms with Gasteiger partial charge in [-0.15, -0.1) is 22.7 Å². The number of fused-ring (bicyclic) bond motifs is 1. The summed E-state index contributed by atoms with van der Waals surface area (Å²) in [5.41, 5.74) is 0.382. The van der Waals surface area contributed by atoms with E-state index in [1.807, 2.05) is 53.9 Å². The lowest BCUT2D eigenvalue weighted by atomic mass is 10.0. The fourth-order valence-corrected chi connectivity index (χ4v) is 5.27. The van der Waals surface area contributed by atoms with E-state index in [1.165, 1.54) is 22.0 Å². The van der Waals surface area contributed by atoms with E-state index in [4.69, 9.17) is 9.47 Å². The van der Waals surface area contributed by atoms with Gasteiger partial charge in [0.1, 0.15) is 17.0 Å². The van der Waals surface area contributed by atoms with Crippen molar-refractivity contribution in [2.75, 3.05) is 13.7 Å². The number of esters is 1. The van der Waals surface area contributed by atoms with Gasteiger partial charge in [-0.3, -0.25) is 14.2 Å². The second kappa shape index (κ2) is 11.2. The van der Waals surface area contributed by atoms with E-state index in [0.717, 1.165) is 32.5 Å². The van der Waals surface area contributed by atoms with Gasteiger partial charge in [-0.1, -0.05) is 36.4 Å². The lowest BCUT2D eigenvalue weighted by Gasteiger charge is -2.08. The third-order valence-electron chi connectivity index (χ3n) is 5.23. The molecule has 180 valence electrons. The molecule has 0 saturated heterocycles. The number of thiazole rings is 1. The summed E-state index contributed by atoms with van der Waals surface area (Å²) < 4.78 is 12.6. The molecule has 2 aromatic carbocycles. The number of ether oxygens (including phenoxy) is 2. The van der Waals surface area contributed by atoms with Crippen LogP contribution in [0.25, 0.3) is 22.9 Å². The maximum Gasteiger partial charge on any atom is 0.333 e. The number of hydrogen-bond donors (Lipinski definition) is 1. The number of nitrogens with zero attached hydrogens (tertiary/aromatic N) is 1. The van der Waals surface area contributed by atoms with Gasteiger partial charge in [0.2, 0.25) is 5.91 Å². The molecule has 0 aliphatic carbocycles. The van der Waals surface area contributed by atoms with E-state index in [1.54, 1.807) is 20.1 Å². The zero-order valence-electron chi connectivity index (χ0n) is 19.3. The second-order valence-electron chi connectivity index (χ2n) is 7.50. The first kappa shape index (κ1) is 24.4. The SMILES string of the molecule is CCOC(=O)C=c1sc(=Cc2c(OC)ccc3ccccc23)c(=O)n1CC(=O)NCc1cccs1. The Morgan fingerprint density at radius 3 is 2.69 bits per heavy atom. The Balaban J connectivity index is 1.79. The molecule has 2 aromatic heterocycles.